The van der Waals surface area contributed by atoms with Gasteiger partial charge in [0.15, 0.2) is 11.5 Å². The van der Waals surface area contributed by atoms with E-state index in [9.17, 15) is 13.2 Å². The number of alkyl halides is 3. The SMILES string of the molecule is CC(C)(C#N)N1CCN(c2ccc(C(F)(F)F)nn2)CC1. The largest absolute Gasteiger partial charge is 0.435 e. The van der Waals surface area contributed by atoms with Gasteiger partial charge in [-0.05, 0) is 26.0 Å². The zero-order chi connectivity index (χ0) is 15.7. The van der Waals surface area contributed by atoms with Crippen LogP contribution in [-0.4, -0.2) is 46.8 Å². The average molecular weight is 299 g/mol. The van der Waals surface area contributed by atoms with Crippen LogP contribution in [0.2, 0.25) is 0 Å². The molecule has 1 aliphatic heterocycles. The van der Waals surface area contributed by atoms with Crippen molar-refractivity contribution >= 4 is 5.82 Å². The van der Waals surface area contributed by atoms with E-state index >= 15 is 0 Å². The van der Waals surface area contributed by atoms with Gasteiger partial charge < -0.3 is 4.90 Å². The van der Waals surface area contributed by atoms with E-state index in [2.05, 4.69) is 16.3 Å². The molecule has 0 N–H and O–H groups in total. The molecule has 1 aromatic rings. The van der Waals surface area contributed by atoms with Crippen LogP contribution in [0.1, 0.15) is 19.5 Å². The number of piperazine rings is 1. The zero-order valence-corrected chi connectivity index (χ0v) is 11.9. The van der Waals surface area contributed by atoms with Crippen molar-refractivity contribution in [1.82, 2.24) is 15.1 Å². The van der Waals surface area contributed by atoms with E-state index in [0.29, 0.717) is 32.0 Å². The van der Waals surface area contributed by atoms with Crippen molar-refractivity contribution in [1.29, 1.82) is 5.26 Å². The van der Waals surface area contributed by atoms with E-state index in [4.69, 9.17) is 5.26 Å². The predicted octanol–water partition coefficient (Wildman–Crippen LogP) is 1.92. The van der Waals surface area contributed by atoms with Crippen molar-refractivity contribution in [2.24, 2.45) is 0 Å². The quantitative estimate of drug-likeness (QED) is 0.835. The van der Waals surface area contributed by atoms with Gasteiger partial charge >= 0.3 is 6.18 Å². The Bertz CT molecular complexity index is 524. The number of halogens is 3. The second-order valence-corrected chi connectivity index (χ2v) is 5.42. The Labute approximate surface area is 121 Å². The Balaban J connectivity index is 2.02. The van der Waals surface area contributed by atoms with E-state index in [1.165, 1.54) is 6.07 Å². The molecule has 8 heteroatoms. The van der Waals surface area contributed by atoms with E-state index in [0.717, 1.165) is 6.07 Å². The van der Waals surface area contributed by atoms with E-state index in [1.54, 1.807) is 0 Å². The lowest BCUT2D eigenvalue weighted by atomic mass is 10.0. The van der Waals surface area contributed by atoms with Crippen LogP contribution in [0.3, 0.4) is 0 Å². The maximum absolute atomic E-state index is 12.4. The third-order valence-electron chi connectivity index (χ3n) is 3.61. The fraction of sp³-hybridized carbons (Fsp3) is 0.615. The highest BCUT2D eigenvalue weighted by Gasteiger charge is 2.34. The number of anilines is 1. The topological polar surface area (TPSA) is 56.1 Å². The molecule has 1 saturated heterocycles. The van der Waals surface area contributed by atoms with Crippen LogP contribution in [0.4, 0.5) is 19.0 Å². The highest BCUT2D eigenvalue weighted by atomic mass is 19.4. The predicted molar refractivity (Wildman–Crippen MR) is 70.5 cm³/mol. The zero-order valence-electron chi connectivity index (χ0n) is 11.9. The number of aromatic nitrogens is 2. The summed E-state index contributed by atoms with van der Waals surface area (Å²) in [5.41, 5.74) is -1.53. The number of nitrogens with zero attached hydrogens (tertiary/aromatic N) is 5. The van der Waals surface area contributed by atoms with Crippen LogP contribution in [0.25, 0.3) is 0 Å². The summed E-state index contributed by atoms with van der Waals surface area (Å²) in [4.78, 5) is 3.91. The summed E-state index contributed by atoms with van der Waals surface area (Å²) in [5, 5.41) is 16.0. The van der Waals surface area contributed by atoms with Crippen LogP contribution < -0.4 is 4.90 Å². The molecule has 0 aliphatic carbocycles. The van der Waals surface area contributed by atoms with Crippen LogP contribution >= 0.6 is 0 Å². The van der Waals surface area contributed by atoms with Crippen LogP contribution in [0, 0.1) is 11.3 Å². The first-order valence-electron chi connectivity index (χ1n) is 6.56. The molecule has 1 fully saturated rings. The highest BCUT2D eigenvalue weighted by molar-refractivity contribution is 5.38. The van der Waals surface area contributed by atoms with Gasteiger partial charge in [-0.25, -0.2) is 0 Å². The Kier molecular flexibility index (Phi) is 4.05. The lowest BCUT2D eigenvalue weighted by Gasteiger charge is -2.40. The van der Waals surface area contributed by atoms with Gasteiger partial charge in [0.1, 0.15) is 5.54 Å². The third-order valence-corrected chi connectivity index (χ3v) is 3.61. The van der Waals surface area contributed by atoms with Gasteiger partial charge in [0.2, 0.25) is 0 Å². The minimum Gasteiger partial charge on any atom is -0.353 e. The summed E-state index contributed by atoms with van der Waals surface area (Å²) in [5.74, 6) is 0.428. The molecule has 1 aliphatic rings. The minimum absolute atomic E-state index is 0.428. The van der Waals surface area contributed by atoms with Gasteiger partial charge in [-0.15, -0.1) is 10.2 Å². The maximum atomic E-state index is 12.4. The van der Waals surface area contributed by atoms with Crippen LogP contribution in [0.5, 0.6) is 0 Å². The molecule has 21 heavy (non-hydrogen) atoms. The van der Waals surface area contributed by atoms with Gasteiger partial charge in [-0.1, -0.05) is 0 Å². The van der Waals surface area contributed by atoms with E-state index in [-0.39, 0.29) is 0 Å². The van der Waals surface area contributed by atoms with Crippen molar-refractivity contribution < 1.29 is 13.2 Å². The minimum atomic E-state index is -4.47. The van der Waals surface area contributed by atoms with Gasteiger partial charge in [0.25, 0.3) is 0 Å². The molecular weight excluding hydrogens is 283 g/mol. The molecule has 0 saturated carbocycles. The Morgan fingerprint density at radius 2 is 1.71 bits per heavy atom. The van der Waals surface area contributed by atoms with Crippen molar-refractivity contribution in [3.05, 3.63) is 17.8 Å². The van der Waals surface area contributed by atoms with Crippen LogP contribution in [0.15, 0.2) is 12.1 Å². The molecule has 2 rings (SSSR count). The number of hydrogen-bond acceptors (Lipinski definition) is 5. The Hall–Kier alpha value is -1.88. The molecule has 0 bridgehead atoms. The molecule has 0 unspecified atom stereocenters. The molecule has 0 radical (unpaired) electrons. The summed E-state index contributed by atoms with van der Waals surface area (Å²) >= 11 is 0. The first-order valence-corrected chi connectivity index (χ1v) is 6.56. The molecular formula is C13H16F3N5. The fourth-order valence-electron chi connectivity index (χ4n) is 2.21. The van der Waals surface area contributed by atoms with Crippen molar-refractivity contribution in [3.63, 3.8) is 0 Å². The highest BCUT2D eigenvalue weighted by Crippen LogP contribution is 2.28. The lowest BCUT2D eigenvalue weighted by molar-refractivity contribution is -0.141. The standard InChI is InChI=1S/C13H16F3N5/c1-12(2,9-17)21-7-5-20(6-8-21)11-4-3-10(18-19-11)13(14,15)16/h3-4H,5-8H2,1-2H3. The summed E-state index contributed by atoms with van der Waals surface area (Å²) in [7, 11) is 0. The number of hydrogen-bond donors (Lipinski definition) is 0. The molecule has 0 spiro atoms. The monoisotopic (exact) mass is 299 g/mol. The van der Waals surface area contributed by atoms with Gasteiger partial charge in [0, 0.05) is 26.2 Å². The molecule has 5 nitrogen and oxygen atoms in total. The third kappa shape index (κ3) is 3.42. The van der Waals surface area contributed by atoms with Gasteiger partial charge in [-0.3, -0.25) is 4.90 Å². The summed E-state index contributed by atoms with van der Waals surface area (Å²) in [6.07, 6.45) is -4.47. The fourth-order valence-corrected chi connectivity index (χ4v) is 2.21. The normalized spacial score (nSPS) is 17.6. The number of rotatable bonds is 2. The lowest BCUT2D eigenvalue weighted by Crippen LogP contribution is -2.54. The van der Waals surface area contributed by atoms with Crippen molar-refractivity contribution in [2.45, 2.75) is 25.6 Å². The van der Waals surface area contributed by atoms with Crippen molar-refractivity contribution in [2.75, 3.05) is 31.1 Å². The second-order valence-electron chi connectivity index (χ2n) is 5.42. The molecule has 0 aromatic carbocycles. The van der Waals surface area contributed by atoms with E-state index in [1.807, 2.05) is 23.6 Å². The summed E-state index contributed by atoms with van der Waals surface area (Å²) in [6.45, 7) is 6.21. The van der Waals surface area contributed by atoms with E-state index < -0.39 is 17.4 Å². The summed E-state index contributed by atoms with van der Waals surface area (Å²) in [6, 6.07) is 4.52. The van der Waals surface area contributed by atoms with Crippen LogP contribution in [-0.2, 0) is 6.18 Å². The number of nitriles is 1. The molecule has 114 valence electrons. The van der Waals surface area contributed by atoms with Gasteiger partial charge in [-0.2, -0.15) is 18.4 Å². The van der Waals surface area contributed by atoms with Crippen molar-refractivity contribution in [3.8, 4) is 6.07 Å². The first-order chi connectivity index (χ1) is 9.74. The molecule has 0 atom stereocenters. The molecule has 0 amide bonds. The maximum Gasteiger partial charge on any atom is 0.435 e. The Morgan fingerprint density at radius 1 is 1.10 bits per heavy atom. The average Bonchev–Trinajstić information content (AvgIpc) is 2.47. The first kappa shape index (κ1) is 15.5. The Morgan fingerprint density at radius 3 is 2.14 bits per heavy atom. The molecule has 2 heterocycles. The molecule has 1 aromatic heterocycles. The smallest absolute Gasteiger partial charge is 0.353 e. The van der Waals surface area contributed by atoms with Gasteiger partial charge in [0.05, 0.1) is 6.07 Å². The second kappa shape index (κ2) is 5.48. The summed E-state index contributed by atoms with van der Waals surface area (Å²) < 4.78 is 37.3.